The number of fused-ring (bicyclic) bond motifs is 1. The summed E-state index contributed by atoms with van der Waals surface area (Å²) in [5.74, 6) is 0.0130. The van der Waals surface area contributed by atoms with Crippen molar-refractivity contribution in [3.8, 4) is 0 Å². The van der Waals surface area contributed by atoms with Gasteiger partial charge < -0.3 is 10.6 Å². The minimum atomic E-state index is -0.422. The van der Waals surface area contributed by atoms with Crippen LogP contribution in [-0.4, -0.2) is 17.7 Å². The summed E-state index contributed by atoms with van der Waals surface area (Å²) in [6, 6.07) is 0. The van der Waals surface area contributed by atoms with Crippen LogP contribution in [0.25, 0.3) is 0 Å². The van der Waals surface area contributed by atoms with Gasteiger partial charge in [-0.05, 0) is 12.8 Å². The third kappa shape index (κ3) is 1.21. The van der Waals surface area contributed by atoms with Crippen LogP contribution in [0.4, 0.5) is 11.4 Å². The van der Waals surface area contributed by atoms with Crippen LogP contribution in [0.2, 0.25) is 0 Å². The highest BCUT2D eigenvalue weighted by molar-refractivity contribution is 7.13. The first-order valence-electron chi connectivity index (χ1n) is 5.41. The molecule has 16 heavy (non-hydrogen) atoms. The van der Waals surface area contributed by atoms with Gasteiger partial charge in [0.25, 0.3) is 0 Å². The number of hydrogen-bond donors (Lipinski definition) is 2. The highest BCUT2D eigenvalue weighted by Gasteiger charge is 2.44. The molecule has 4 nitrogen and oxygen atoms in total. The number of aldehydes is 1. The zero-order valence-electron chi connectivity index (χ0n) is 8.71. The summed E-state index contributed by atoms with van der Waals surface area (Å²) in [5, 5.41) is 8.09. The van der Waals surface area contributed by atoms with Crippen molar-refractivity contribution in [3.05, 3.63) is 10.3 Å². The lowest BCUT2D eigenvalue weighted by atomic mass is 9.93. The normalized spacial score (nSPS) is 21.4. The number of hydrogen-bond acceptors (Lipinski definition) is 4. The zero-order chi connectivity index (χ0) is 11.2. The Morgan fingerprint density at radius 3 is 2.81 bits per heavy atom. The second kappa shape index (κ2) is 3.31. The smallest absolute Gasteiger partial charge is 0.250 e. The topological polar surface area (TPSA) is 58.2 Å². The quantitative estimate of drug-likeness (QED) is 0.735. The molecular formula is C11H12N2O2S. The first-order valence-corrected chi connectivity index (χ1v) is 6.29. The van der Waals surface area contributed by atoms with Gasteiger partial charge in [-0.3, -0.25) is 9.59 Å². The van der Waals surface area contributed by atoms with Crippen LogP contribution in [0.15, 0.2) is 5.38 Å². The molecule has 0 bridgehead atoms. The molecule has 84 valence electrons. The molecule has 0 atom stereocenters. The Balaban J connectivity index is 2.02. The van der Waals surface area contributed by atoms with E-state index in [9.17, 15) is 9.59 Å². The van der Waals surface area contributed by atoms with Crippen LogP contribution < -0.4 is 10.6 Å². The van der Waals surface area contributed by atoms with E-state index in [1.54, 1.807) is 0 Å². The third-order valence-electron chi connectivity index (χ3n) is 3.43. The molecule has 5 heteroatoms. The highest BCUT2D eigenvalue weighted by Crippen LogP contribution is 2.43. The van der Waals surface area contributed by atoms with Crippen molar-refractivity contribution >= 4 is 34.9 Å². The van der Waals surface area contributed by atoms with Gasteiger partial charge in [0.1, 0.15) is 5.54 Å². The second-order valence-corrected chi connectivity index (χ2v) is 5.29. The largest absolute Gasteiger partial charge is 0.369 e. The lowest BCUT2D eigenvalue weighted by molar-refractivity contribution is -0.120. The van der Waals surface area contributed by atoms with Crippen molar-refractivity contribution in [2.75, 3.05) is 10.6 Å². The molecule has 1 aromatic rings. The molecule has 3 rings (SSSR count). The first-order chi connectivity index (χ1) is 7.75. The molecule has 2 N–H and O–H groups in total. The van der Waals surface area contributed by atoms with Crippen molar-refractivity contribution in [2.45, 2.75) is 31.2 Å². The number of carbonyl (C=O) groups is 2. The van der Waals surface area contributed by atoms with Gasteiger partial charge in [0, 0.05) is 5.38 Å². The Morgan fingerprint density at radius 2 is 2.12 bits per heavy atom. The number of amides is 1. The van der Waals surface area contributed by atoms with E-state index in [-0.39, 0.29) is 5.91 Å². The molecule has 1 saturated carbocycles. The summed E-state index contributed by atoms with van der Waals surface area (Å²) in [6.07, 6.45) is 4.72. The molecule has 1 amide bonds. The van der Waals surface area contributed by atoms with Gasteiger partial charge in [-0.15, -0.1) is 11.3 Å². The summed E-state index contributed by atoms with van der Waals surface area (Å²) in [4.78, 5) is 23.4. The van der Waals surface area contributed by atoms with Crippen molar-refractivity contribution < 1.29 is 9.59 Å². The molecular weight excluding hydrogens is 224 g/mol. The van der Waals surface area contributed by atoms with E-state index >= 15 is 0 Å². The fraction of sp³-hybridized carbons (Fsp3) is 0.455. The number of carbonyl (C=O) groups excluding carboxylic acids is 2. The maximum absolute atomic E-state index is 12.1. The van der Waals surface area contributed by atoms with Crippen molar-refractivity contribution in [3.63, 3.8) is 0 Å². The van der Waals surface area contributed by atoms with Crippen molar-refractivity contribution in [1.29, 1.82) is 0 Å². The van der Waals surface area contributed by atoms with E-state index < -0.39 is 5.54 Å². The zero-order valence-corrected chi connectivity index (χ0v) is 9.52. The van der Waals surface area contributed by atoms with E-state index in [4.69, 9.17) is 0 Å². The second-order valence-electron chi connectivity index (χ2n) is 4.37. The average molecular weight is 236 g/mol. The average Bonchev–Trinajstić information content (AvgIpc) is 2.88. The first kappa shape index (κ1) is 9.84. The minimum absolute atomic E-state index is 0.0130. The van der Waals surface area contributed by atoms with E-state index in [2.05, 4.69) is 10.6 Å². The van der Waals surface area contributed by atoms with E-state index in [1.807, 2.05) is 5.38 Å². The molecule has 1 aromatic heterocycles. The van der Waals surface area contributed by atoms with Gasteiger partial charge in [-0.1, -0.05) is 12.8 Å². The maximum Gasteiger partial charge on any atom is 0.250 e. The Hall–Kier alpha value is -1.36. The molecule has 0 saturated heterocycles. The molecule has 2 aliphatic rings. The van der Waals surface area contributed by atoms with Crippen LogP contribution in [0, 0.1) is 0 Å². The van der Waals surface area contributed by atoms with E-state index in [0.29, 0.717) is 10.6 Å². The number of rotatable bonds is 1. The Labute approximate surface area is 97.0 Å². The van der Waals surface area contributed by atoms with Crippen LogP contribution >= 0.6 is 11.3 Å². The van der Waals surface area contributed by atoms with Crippen LogP contribution in [0.3, 0.4) is 0 Å². The molecule has 1 aliphatic heterocycles. The van der Waals surface area contributed by atoms with E-state index in [1.165, 1.54) is 11.3 Å². The molecule has 0 radical (unpaired) electrons. The minimum Gasteiger partial charge on any atom is -0.369 e. The van der Waals surface area contributed by atoms with E-state index in [0.717, 1.165) is 37.7 Å². The van der Waals surface area contributed by atoms with Crippen LogP contribution in [0.5, 0.6) is 0 Å². The SMILES string of the molecule is O=Cc1scc2c1NC(=O)C1(CCCC1)N2. The molecule has 0 unspecified atom stereocenters. The van der Waals surface area contributed by atoms with Crippen molar-refractivity contribution in [1.82, 2.24) is 0 Å². The van der Waals surface area contributed by atoms with Crippen LogP contribution in [0.1, 0.15) is 35.4 Å². The maximum atomic E-state index is 12.1. The summed E-state index contributed by atoms with van der Waals surface area (Å²) < 4.78 is 0. The number of thiophene rings is 1. The van der Waals surface area contributed by atoms with Gasteiger partial charge in [-0.25, -0.2) is 0 Å². The Morgan fingerprint density at radius 1 is 1.38 bits per heavy atom. The molecule has 1 spiro atoms. The number of nitrogens with one attached hydrogen (secondary N) is 2. The predicted molar refractivity (Wildman–Crippen MR) is 63.2 cm³/mol. The summed E-state index contributed by atoms with van der Waals surface area (Å²) in [6.45, 7) is 0. The van der Waals surface area contributed by atoms with Crippen LogP contribution in [-0.2, 0) is 4.79 Å². The van der Waals surface area contributed by atoms with Gasteiger partial charge >= 0.3 is 0 Å². The molecule has 1 fully saturated rings. The molecule has 2 heterocycles. The fourth-order valence-corrected chi connectivity index (χ4v) is 3.31. The summed E-state index contributed by atoms with van der Waals surface area (Å²) >= 11 is 1.36. The summed E-state index contributed by atoms with van der Waals surface area (Å²) in [7, 11) is 0. The van der Waals surface area contributed by atoms with Gasteiger partial charge in [0.15, 0.2) is 6.29 Å². The molecule has 1 aliphatic carbocycles. The predicted octanol–water partition coefficient (Wildman–Crippen LogP) is 2.24. The van der Waals surface area contributed by atoms with Gasteiger partial charge in [0.05, 0.1) is 16.3 Å². The lowest BCUT2D eigenvalue weighted by Gasteiger charge is -2.34. The van der Waals surface area contributed by atoms with Crippen molar-refractivity contribution in [2.24, 2.45) is 0 Å². The Bertz CT molecular complexity index is 461. The monoisotopic (exact) mass is 236 g/mol. The third-order valence-corrected chi connectivity index (χ3v) is 4.34. The standard InChI is InChI=1S/C11H12N2O2S/c14-5-8-9-7(6-16-8)13-11(10(15)12-9)3-1-2-4-11/h5-6,13H,1-4H2,(H,12,15). The van der Waals surface area contributed by atoms with Gasteiger partial charge in [0.2, 0.25) is 5.91 Å². The lowest BCUT2D eigenvalue weighted by Crippen LogP contribution is -2.50. The van der Waals surface area contributed by atoms with Gasteiger partial charge in [-0.2, -0.15) is 0 Å². The Kier molecular flexibility index (Phi) is 2.04. The summed E-state index contributed by atoms with van der Waals surface area (Å²) in [5.41, 5.74) is 1.13. The number of anilines is 2. The molecule has 0 aromatic carbocycles. The highest BCUT2D eigenvalue weighted by atomic mass is 32.1. The fourth-order valence-electron chi connectivity index (χ4n) is 2.56.